The Balaban J connectivity index is 1.36. The van der Waals surface area contributed by atoms with Gasteiger partial charge in [0.15, 0.2) is 11.5 Å². The number of methoxy groups -OCH3 is 2. The quantitative estimate of drug-likeness (QED) is 0.666. The summed E-state index contributed by atoms with van der Waals surface area (Å²) in [6, 6.07) is 12.5. The van der Waals surface area contributed by atoms with Crippen LogP contribution in [0.15, 0.2) is 54.9 Å². The summed E-state index contributed by atoms with van der Waals surface area (Å²) in [5.74, 6) is 0.940. The average molecular weight is 457 g/mol. The molecule has 2 aliphatic heterocycles. The zero-order chi connectivity index (χ0) is 22.7. The zero-order valence-corrected chi connectivity index (χ0v) is 18.6. The van der Waals surface area contributed by atoms with Gasteiger partial charge in [-0.2, -0.15) is 0 Å². The van der Waals surface area contributed by atoms with Crippen LogP contribution in [0, 0.1) is 0 Å². The molecule has 8 nitrogen and oxygen atoms in total. The summed E-state index contributed by atoms with van der Waals surface area (Å²) in [4.78, 5) is 26.8. The third-order valence-electron chi connectivity index (χ3n) is 5.60. The number of fused-ring (bicyclic) bond motifs is 1. The van der Waals surface area contributed by atoms with E-state index in [9.17, 15) is 9.59 Å². The third kappa shape index (κ3) is 4.66. The van der Waals surface area contributed by atoms with Gasteiger partial charge in [0.05, 0.1) is 20.3 Å². The molecule has 2 aromatic carbocycles. The molecule has 168 valence electrons. The Kier molecular flexibility index (Phi) is 6.53. The highest BCUT2D eigenvalue weighted by molar-refractivity contribution is 6.30. The van der Waals surface area contributed by atoms with Gasteiger partial charge in [0.2, 0.25) is 5.91 Å². The molecule has 2 heterocycles. The van der Waals surface area contributed by atoms with E-state index in [1.807, 2.05) is 30.3 Å². The minimum Gasteiger partial charge on any atom is -0.493 e. The molecule has 0 bridgehead atoms. The molecule has 2 atom stereocenters. The van der Waals surface area contributed by atoms with Gasteiger partial charge in [-0.1, -0.05) is 29.8 Å². The first-order valence-corrected chi connectivity index (χ1v) is 10.6. The third-order valence-corrected chi connectivity index (χ3v) is 5.85. The largest absolute Gasteiger partial charge is 0.493 e. The Bertz CT molecular complexity index is 1030. The fraction of sp³-hybridized carbons (Fsp3) is 0.304. The number of nitrogens with zero attached hydrogens (tertiary/aromatic N) is 2. The Morgan fingerprint density at radius 2 is 1.88 bits per heavy atom. The molecule has 0 saturated carbocycles. The van der Waals surface area contributed by atoms with E-state index in [0.29, 0.717) is 29.5 Å². The number of hydrogen-bond acceptors (Lipinski definition) is 6. The summed E-state index contributed by atoms with van der Waals surface area (Å²) >= 11 is 5.88. The van der Waals surface area contributed by atoms with Crippen LogP contribution in [-0.4, -0.2) is 48.5 Å². The molecule has 9 heteroatoms. The lowest BCUT2D eigenvalue weighted by molar-refractivity contribution is -0.138. The van der Waals surface area contributed by atoms with Gasteiger partial charge in [0, 0.05) is 24.0 Å². The molecule has 1 fully saturated rings. The lowest BCUT2D eigenvalue weighted by Gasteiger charge is -2.31. The van der Waals surface area contributed by atoms with Gasteiger partial charge in [0.1, 0.15) is 12.6 Å². The topological polar surface area (TPSA) is 83.1 Å². The second kappa shape index (κ2) is 9.50. The molecule has 2 amide bonds. The molecular weight excluding hydrogens is 432 g/mol. The highest BCUT2D eigenvalue weighted by atomic mass is 35.5. The van der Waals surface area contributed by atoms with Crippen LogP contribution < -0.4 is 20.2 Å². The lowest BCUT2D eigenvalue weighted by Crippen LogP contribution is -2.50. The number of carbonyl (C=O) groups is 2. The van der Waals surface area contributed by atoms with Gasteiger partial charge < -0.3 is 24.7 Å². The Morgan fingerprint density at radius 3 is 2.59 bits per heavy atom. The fourth-order valence-corrected chi connectivity index (χ4v) is 3.99. The molecule has 32 heavy (non-hydrogen) atoms. The molecule has 0 aromatic heterocycles. The first kappa shape index (κ1) is 22.0. The minimum atomic E-state index is -0.387. The monoisotopic (exact) mass is 456 g/mol. The molecule has 2 aliphatic rings. The van der Waals surface area contributed by atoms with Crippen molar-refractivity contribution in [3.8, 4) is 11.5 Å². The standard InChI is InChI=1S/C23H25ClN4O4/c1-31-20-8-5-16(11-21(20)32-2)18-12-19-23(30)27(9-10-28(19)26-18)14-22(29)25-13-15-3-6-17(24)7-4-15/h3-11,18-19,26H,12-14H2,1-2H3,(H,25,29). The van der Waals surface area contributed by atoms with Crippen molar-refractivity contribution >= 4 is 23.4 Å². The van der Waals surface area contributed by atoms with Gasteiger partial charge in [-0.3, -0.25) is 9.59 Å². The summed E-state index contributed by atoms with van der Waals surface area (Å²) in [7, 11) is 3.18. The molecule has 4 rings (SSSR count). The van der Waals surface area contributed by atoms with E-state index in [1.165, 1.54) is 4.90 Å². The Labute approximate surface area is 191 Å². The highest BCUT2D eigenvalue weighted by Crippen LogP contribution is 2.35. The van der Waals surface area contributed by atoms with Crippen molar-refractivity contribution in [3.05, 3.63) is 71.0 Å². The maximum Gasteiger partial charge on any atom is 0.251 e. The number of hydrazine groups is 1. The van der Waals surface area contributed by atoms with Crippen LogP contribution in [0.25, 0.3) is 0 Å². The maximum absolute atomic E-state index is 13.0. The number of benzene rings is 2. The molecule has 0 spiro atoms. The van der Waals surface area contributed by atoms with Crippen LogP contribution >= 0.6 is 11.6 Å². The second-order valence-electron chi connectivity index (χ2n) is 7.62. The first-order chi connectivity index (χ1) is 15.5. The molecule has 0 aliphatic carbocycles. The van der Waals surface area contributed by atoms with E-state index in [4.69, 9.17) is 21.1 Å². The van der Waals surface area contributed by atoms with Crippen molar-refractivity contribution in [1.82, 2.24) is 20.7 Å². The van der Waals surface area contributed by atoms with E-state index in [1.54, 1.807) is 43.8 Å². The van der Waals surface area contributed by atoms with Crippen LogP contribution in [0.5, 0.6) is 11.5 Å². The van der Waals surface area contributed by atoms with Crippen molar-refractivity contribution in [1.29, 1.82) is 0 Å². The predicted octanol–water partition coefficient (Wildman–Crippen LogP) is 2.61. The lowest BCUT2D eigenvalue weighted by atomic mass is 10.0. The number of hydrogen-bond donors (Lipinski definition) is 2. The van der Waals surface area contributed by atoms with Crippen molar-refractivity contribution < 1.29 is 19.1 Å². The van der Waals surface area contributed by atoms with Crippen LogP contribution in [0.1, 0.15) is 23.6 Å². The number of rotatable bonds is 7. The highest BCUT2D eigenvalue weighted by Gasteiger charge is 2.40. The number of carbonyl (C=O) groups excluding carboxylic acids is 2. The number of halogens is 1. The summed E-state index contributed by atoms with van der Waals surface area (Å²) in [5.41, 5.74) is 5.27. The molecule has 2 unspecified atom stereocenters. The number of ether oxygens (including phenoxy) is 2. The maximum atomic E-state index is 13.0. The fourth-order valence-electron chi connectivity index (χ4n) is 3.87. The number of amides is 2. The van der Waals surface area contributed by atoms with E-state index in [-0.39, 0.29) is 30.4 Å². The normalized spacial score (nSPS) is 19.7. The van der Waals surface area contributed by atoms with Gasteiger partial charge >= 0.3 is 0 Å². The Morgan fingerprint density at radius 1 is 1.12 bits per heavy atom. The second-order valence-corrected chi connectivity index (χ2v) is 8.06. The smallest absolute Gasteiger partial charge is 0.251 e. The zero-order valence-electron chi connectivity index (χ0n) is 17.9. The van der Waals surface area contributed by atoms with E-state index in [0.717, 1.165) is 11.1 Å². The van der Waals surface area contributed by atoms with Crippen molar-refractivity contribution in [2.24, 2.45) is 0 Å². The molecular formula is C23H25ClN4O4. The van der Waals surface area contributed by atoms with E-state index in [2.05, 4.69) is 10.7 Å². The van der Waals surface area contributed by atoms with Crippen LogP contribution in [-0.2, 0) is 16.1 Å². The van der Waals surface area contributed by atoms with Gasteiger partial charge in [-0.25, -0.2) is 5.43 Å². The van der Waals surface area contributed by atoms with Crippen molar-refractivity contribution in [3.63, 3.8) is 0 Å². The van der Waals surface area contributed by atoms with Gasteiger partial charge in [0.25, 0.3) is 5.91 Å². The molecule has 1 saturated heterocycles. The van der Waals surface area contributed by atoms with E-state index < -0.39 is 0 Å². The van der Waals surface area contributed by atoms with Crippen LogP contribution in [0.2, 0.25) is 5.02 Å². The molecule has 0 radical (unpaired) electrons. The minimum absolute atomic E-state index is 0.0334. The van der Waals surface area contributed by atoms with Crippen molar-refractivity contribution in [2.75, 3.05) is 20.8 Å². The molecule has 2 aromatic rings. The summed E-state index contributed by atoms with van der Waals surface area (Å²) in [6.45, 7) is 0.342. The van der Waals surface area contributed by atoms with Crippen LogP contribution in [0.4, 0.5) is 0 Å². The van der Waals surface area contributed by atoms with E-state index >= 15 is 0 Å². The summed E-state index contributed by atoms with van der Waals surface area (Å²) < 4.78 is 10.7. The van der Waals surface area contributed by atoms with Gasteiger partial charge in [-0.15, -0.1) is 0 Å². The molecule has 2 N–H and O–H groups in total. The summed E-state index contributed by atoms with van der Waals surface area (Å²) in [5, 5.41) is 5.28. The average Bonchev–Trinajstić information content (AvgIpc) is 3.25. The van der Waals surface area contributed by atoms with Crippen LogP contribution in [0.3, 0.4) is 0 Å². The number of nitrogens with one attached hydrogen (secondary N) is 2. The first-order valence-electron chi connectivity index (χ1n) is 10.2. The predicted molar refractivity (Wildman–Crippen MR) is 120 cm³/mol. The summed E-state index contributed by atoms with van der Waals surface area (Å²) in [6.07, 6.45) is 3.99. The SMILES string of the molecule is COc1ccc(C2CC3C(=O)N(CC(=O)NCc4ccc(Cl)cc4)C=CN3N2)cc1OC. The Hall–Kier alpha value is -3.23. The van der Waals surface area contributed by atoms with Crippen molar-refractivity contribution in [2.45, 2.75) is 25.0 Å². The van der Waals surface area contributed by atoms with Gasteiger partial charge in [-0.05, 0) is 41.8 Å².